The van der Waals surface area contributed by atoms with Crippen LogP contribution in [-0.2, 0) is 6.42 Å². The number of amidine groups is 1. The first-order valence-electron chi connectivity index (χ1n) is 7.62. The minimum atomic E-state index is -0.430. The van der Waals surface area contributed by atoms with E-state index in [1.54, 1.807) is 30.3 Å². The van der Waals surface area contributed by atoms with E-state index in [0.717, 1.165) is 17.7 Å². The first-order chi connectivity index (χ1) is 12.0. The van der Waals surface area contributed by atoms with Gasteiger partial charge in [-0.3, -0.25) is 15.6 Å². The lowest BCUT2D eigenvalue weighted by atomic mass is 10.1. The van der Waals surface area contributed by atoms with Crippen molar-refractivity contribution in [3.8, 4) is 6.07 Å². The van der Waals surface area contributed by atoms with E-state index in [-0.39, 0.29) is 11.6 Å². The normalized spacial score (nSPS) is 10.6. The highest BCUT2D eigenvalue weighted by Crippen LogP contribution is 2.18. The minimum absolute atomic E-state index is 0.230. The van der Waals surface area contributed by atoms with Crippen LogP contribution in [0.2, 0.25) is 0 Å². The second-order valence-electron chi connectivity index (χ2n) is 5.14. The fraction of sp³-hybridized carbons (Fsp3) is 0.111. The summed E-state index contributed by atoms with van der Waals surface area (Å²) in [7, 11) is 0. The van der Waals surface area contributed by atoms with Gasteiger partial charge in [0, 0.05) is 11.3 Å². The lowest BCUT2D eigenvalue weighted by Gasteiger charge is -2.10. The van der Waals surface area contributed by atoms with E-state index in [0.29, 0.717) is 11.3 Å². The number of carbonyl (C=O) groups excluding carboxylic acids is 1. The number of nitrogens with two attached hydrogens (primary N) is 1. The molecule has 7 heteroatoms. The lowest BCUT2D eigenvalue weighted by Crippen LogP contribution is -2.21. The molecule has 5 N–H and O–H groups in total. The molecule has 0 heterocycles. The van der Waals surface area contributed by atoms with Gasteiger partial charge in [0.05, 0.1) is 5.69 Å². The van der Waals surface area contributed by atoms with E-state index >= 15 is 0 Å². The van der Waals surface area contributed by atoms with Gasteiger partial charge < -0.3 is 11.1 Å². The number of anilines is 2. The number of hydrazone groups is 1. The average molecular weight is 334 g/mol. The van der Waals surface area contributed by atoms with E-state index in [1.165, 1.54) is 0 Å². The molecule has 0 aromatic heterocycles. The van der Waals surface area contributed by atoms with E-state index < -0.39 is 5.84 Å². The maximum absolute atomic E-state index is 12.5. The number of nitriles is 1. The molecule has 7 nitrogen and oxygen atoms in total. The van der Waals surface area contributed by atoms with Crippen LogP contribution in [0, 0.1) is 16.7 Å². The Morgan fingerprint density at radius 3 is 2.72 bits per heavy atom. The van der Waals surface area contributed by atoms with Crippen LogP contribution in [-0.4, -0.2) is 17.5 Å². The molecule has 2 aromatic carbocycles. The quantitative estimate of drug-likeness (QED) is 0.368. The molecule has 0 saturated heterocycles. The number of carbonyl (C=O) groups is 1. The number of nitrogens with zero attached hydrogens (tertiary/aromatic N) is 2. The van der Waals surface area contributed by atoms with Crippen LogP contribution in [0.1, 0.15) is 22.8 Å². The maximum atomic E-state index is 12.5. The molecular formula is C18H18N6O. The van der Waals surface area contributed by atoms with Gasteiger partial charge >= 0.3 is 0 Å². The highest BCUT2D eigenvalue weighted by molar-refractivity contribution is 6.45. The number of hydrogen-bond acceptors (Lipinski definition) is 5. The zero-order valence-corrected chi connectivity index (χ0v) is 13.7. The Bertz CT molecular complexity index is 866. The second-order valence-corrected chi connectivity index (χ2v) is 5.14. The largest absolute Gasteiger partial charge is 0.382 e. The Labute approximate surface area is 145 Å². The summed E-state index contributed by atoms with van der Waals surface area (Å²) in [5.41, 5.74) is 10.4. The molecule has 1 amide bonds. The highest BCUT2D eigenvalue weighted by Gasteiger charge is 2.09. The number of nitrogens with one attached hydrogen (secondary N) is 3. The summed E-state index contributed by atoms with van der Waals surface area (Å²) in [6.07, 6.45) is 0.814. The predicted octanol–water partition coefficient (Wildman–Crippen LogP) is 2.73. The van der Waals surface area contributed by atoms with Crippen molar-refractivity contribution in [1.29, 1.82) is 10.7 Å². The topological polar surface area (TPSA) is 127 Å². The van der Waals surface area contributed by atoms with Crippen molar-refractivity contribution in [2.24, 2.45) is 10.8 Å². The van der Waals surface area contributed by atoms with Gasteiger partial charge in [-0.2, -0.15) is 10.4 Å². The maximum Gasteiger partial charge on any atom is 0.255 e. The zero-order chi connectivity index (χ0) is 18.2. The number of aryl methyl sites for hydroxylation is 1. The van der Waals surface area contributed by atoms with Crippen LogP contribution in [0.5, 0.6) is 0 Å². The Morgan fingerprint density at radius 1 is 1.28 bits per heavy atom. The molecule has 126 valence electrons. The predicted molar refractivity (Wildman–Crippen MR) is 98.8 cm³/mol. The Hall–Kier alpha value is -3.66. The summed E-state index contributed by atoms with van der Waals surface area (Å²) in [6.45, 7) is 2.02. The summed E-state index contributed by atoms with van der Waals surface area (Å²) in [5, 5.41) is 22.7. The number of hydrogen-bond donors (Lipinski definition) is 4. The summed E-state index contributed by atoms with van der Waals surface area (Å²) in [6, 6.07) is 16.0. The number of rotatable bonds is 6. The third-order valence-corrected chi connectivity index (χ3v) is 3.43. The van der Waals surface area contributed by atoms with E-state index in [4.69, 9.17) is 16.4 Å². The molecule has 0 radical (unpaired) electrons. The van der Waals surface area contributed by atoms with Gasteiger partial charge in [0.25, 0.3) is 5.91 Å². The number of amides is 1. The first kappa shape index (κ1) is 17.7. The van der Waals surface area contributed by atoms with Gasteiger partial charge in [-0.1, -0.05) is 31.2 Å². The van der Waals surface area contributed by atoms with Gasteiger partial charge in [-0.25, -0.2) is 0 Å². The smallest absolute Gasteiger partial charge is 0.255 e. The molecule has 2 aromatic rings. The first-order valence-corrected chi connectivity index (χ1v) is 7.62. The molecule has 2 rings (SSSR count). The lowest BCUT2D eigenvalue weighted by molar-refractivity contribution is 0.102. The molecular weight excluding hydrogens is 316 g/mol. The second kappa shape index (κ2) is 8.26. The molecule has 0 atom stereocenters. The van der Waals surface area contributed by atoms with E-state index in [2.05, 4.69) is 15.8 Å². The summed E-state index contributed by atoms with van der Waals surface area (Å²) in [5.74, 6) is -0.680. The summed E-state index contributed by atoms with van der Waals surface area (Å²) >= 11 is 0. The number of para-hydroxylation sites is 1. The Kier molecular flexibility index (Phi) is 5.85. The van der Waals surface area contributed by atoms with Crippen molar-refractivity contribution in [1.82, 2.24) is 0 Å². The van der Waals surface area contributed by atoms with Gasteiger partial charge in [-0.15, -0.1) is 0 Å². The third kappa shape index (κ3) is 4.65. The van der Waals surface area contributed by atoms with Crippen molar-refractivity contribution < 1.29 is 4.79 Å². The molecule has 0 aliphatic heterocycles. The molecule has 0 unspecified atom stereocenters. The van der Waals surface area contributed by atoms with E-state index in [1.807, 2.05) is 31.2 Å². The fourth-order valence-electron chi connectivity index (χ4n) is 2.14. The molecule has 0 spiro atoms. The van der Waals surface area contributed by atoms with Crippen LogP contribution in [0.25, 0.3) is 0 Å². The SMILES string of the molecule is CCc1ccccc1NC(=O)c1cccc(N/N=C(\C#N)C(=N)N)c1. The van der Waals surface area contributed by atoms with Crippen molar-refractivity contribution in [3.63, 3.8) is 0 Å². The van der Waals surface area contributed by atoms with Crippen LogP contribution in [0.3, 0.4) is 0 Å². The van der Waals surface area contributed by atoms with Crippen molar-refractivity contribution in [3.05, 3.63) is 59.7 Å². The summed E-state index contributed by atoms with van der Waals surface area (Å²) < 4.78 is 0. The fourth-order valence-corrected chi connectivity index (χ4v) is 2.14. The molecule has 0 saturated carbocycles. The molecule has 25 heavy (non-hydrogen) atoms. The van der Waals surface area contributed by atoms with Crippen molar-refractivity contribution in [2.75, 3.05) is 10.7 Å². The van der Waals surface area contributed by atoms with Crippen LogP contribution in [0.4, 0.5) is 11.4 Å². The van der Waals surface area contributed by atoms with Gasteiger partial charge in [0.2, 0.25) is 5.71 Å². The van der Waals surface area contributed by atoms with Crippen LogP contribution < -0.4 is 16.5 Å². The minimum Gasteiger partial charge on any atom is -0.382 e. The Morgan fingerprint density at radius 2 is 2.04 bits per heavy atom. The van der Waals surface area contributed by atoms with Gasteiger partial charge in [0.15, 0.2) is 5.84 Å². The monoisotopic (exact) mass is 334 g/mol. The standard InChI is InChI=1S/C18H18N6O/c1-2-12-6-3-4-9-15(12)22-18(25)13-7-5-8-14(10-13)23-24-16(11-19)17(20)21/h3-10,23H,2H2,1H3,(H3,20,21)(H,22,25)/b24-16+. The number of benzene rings is 2. The molecule has 0 fully saturated rings. The van der Waals surface area contributed by atoms with Crippen LogP contribution in [0.15, 0.2) is 53.6 Å². The van der Waals surface area contributed by atoms with Crippen molar-refractivity contribution >= 4 is 28.8 Å². The molecule has 0 aliphatic rings. The molecule has 0 bridgehead atoms. The zero-order valence-electron chi connectivity index (χ0n) is 13.7. The van der Waals surface area contributed by atoms with Crippen LogP contribution >= 0.6 is 0 Å². The van der Waals surface area contributed by atoms with Crippen molar-refractivity contribution in [2.45, 2.75) is 13.3 Å². The highest BCUT2D eigenvalue weighted by atomic mass is 16.1. The average Bonchev–Trinajstić information content (AvgIpc) is 2.62. The van der Waals surface area contributed by atoms with Gasteiger partial charge in [-0.05, 0) is 36.2 Å². The third-order valence-electron chi connectivity index (χ3n) is 3.43. The summed E-state index contributed by atoms with van der Waals surface area (Å²) in [4.78, 5) is 12.5. The van der Waals surface area contributed by atoms with E-state index in [9.17, 15) is 4.79 Å². The van der Waals surface area contributed by atoms with Gasteiger partial charge in [0.1, 0.15) is 6.07 Å². The molecule has 0 aliphatic carbocycles. The Balaban J connectivity index is 2.17.